The first-order chi connectivity index (χ1) is 11.0. The van der Waals surface area contributed by atoms with Crippen molar-refractivity contribution in [3.63, 3.8) is 0 Å². The predicted octanol–water partition coefficient (Wildman–Crippen LogP) is 2.35. The van der Waals surface area contributed by atoms with Crippen LogP contribution < -0.4 is 10.2 Å². The molecule has 2 aromatic rings. The minimum atomic E-state index is -4.87. The van der Waals surface area contributed by atoms with Gasteiger partial charge in [0.2, 0.25) is 0 Å². The van der Waals surface area contributed by atoms with Gasteiger partial charge in [-0.1, -0.05) is 0 Å². The summed E-state index contributed by atoms with van der Waals surface area (Å²) in [5.74, 6) is -0.513. The second-order valence-electron chi connectivity index (χ2n) is 4.60. The van der Waals surface area contributed by atoms with Crippen molar-refractivity contribution in [1.82, 2.24) is 4.98 Å². The molecule has 24 heavy (non-hydrogen) atoms. The zero-order valence-corrected chi connectivity index (χ0v) is 11.6. The molecule has 0 aliphatic heterocycles. The average Bonchev–Trinajstić information content (AvgIpc) is 2.44. The number of benzene rings is 1. The van der Waals surface area contributed by atoms with Crippen molar-refractivity contribution in [2.75, 3.05) is 0 Å². The van der Waals surface area contributed by atoms with Crippen LogP contribution in [0.1, 0.15) is 5.56 Å². The lowest BCUT2D eigenvalue weighted by Crippen LogP contribution is -2.36. The number of pyridine rings is 1. The molecule has 0 aliphatic rings. The maximum absolute atomic E-state index is 12.8. The van der Waals surface area contributed by atoms with Crippen LogP contribution in [0.4, 0.5) is 26.3 Å². The first-order valence-electron chi connectivity index (χ1n) is 6.27. The lowest BCUT2D eigenvalue weighted by molar-refractivity contribution is -0.274. The van der Waals surface area contributed by atoms with E-state index < -0.39 is 36.4 Å². The van der Waals surface area contributed by atoms with Gasteiger partial charge in [0, 0.05) is 11.8 Å². The summed E-state index contributed by atoms with van der Waals surface area (Å²) in [6.07, 6.45) is -9.29. The van der Waals surface area contributed by atoms with E-state index in [-0.39, 0.29) is 11.3 Å². The van der Waals surface area contributed by atoms with Gasteiger partial charge in [0.05, 0.1) is 11.3 Å². The molecule has 2 rings (SSSR count). The summed E-state index contributed by atoms with van der Waals surface area (Å²) in [5, 5.41) is 18.2. The van der Waals surface area contributed by atoms with Gasteiger partial charge in [0.1, 0.15) is 5.75 Å². The fourth-order valence-corrected chi connectivity index (χ4v) is 1.91. The highest BCUT2D eigenvalue weighted by molar-refractivity contribution is 6.59. The number of hydrogen-bond donors (Lipinski definition) is 2. The van der Waals surface area contributed by atoms with Gasteiger partial charge in [-0.25, -0.2) is 0 Å². The van der Waals surface area contributed by atoms with E-state index in [2.05, 4.69) is 9.72 Å². The summed E-state index contributed by atoms with van der Waals surface area (Å²) in [5.41, 5.74) is -2.05. The van der Waals surface area contributed by atoms with Gasteiger partial charge in [-0.15, -0.1) is 13.2 Å². The fourth-order valence-electron chi connectivity index (χ4n) is 1.91. The number of rotatable bonds is 3. The highest BCUT2D eigenvalue weighted by Crippen LogP contribution is 2.30. The molecule has 128 valence electrons. The second-order valence-corrected chi connectivity index (χ2v) is 4.60. The molecular weight excluding hydrogens is 343 g/mol. The van der Waals surface area contributed by atoms with E-state index in [0.717, 1.165) is 30.3 Å². The van der Waals surface area contributed by atoms with Crippen LogP contribution in [0.25, 0.3) is 11.3 Å². The number of ether oxygens (including phenoxy) is 1. The van der Waals surface area contributed by atoms with Gasteiger partial charge in [0.15, 0.2) is 0 Å². The number of nitrogens with zero attached hydrogens (tertiary/aromatic N) is 1. The average molecular weight is 351 g/mol. The molecule has 0 radical (unpaired) electrons. The molecular formula is C13H8BF6NO3. The number of aromatic nitrogens is 1. The summed E-state index contributed by atoms with van der Waals surface area (Å²) in [7, 11) is -2.39. The summed E-state index contributed by atoms with van der Waals surface area (Å²) >= 11 is 0. The molecule has 2 N–H and O–H groups in total. The molecule has 1 aromatic heterocycles. The van der Waals surface area contributed by atoms with Crippen LogP contribution in [0.5, 0.6) is 5.75 Å². The molecule has 0 aliphatic carbocycles. The molecule has 11 heteroatoms. The van der Waals surface area contributed by atoms with E-state index in [1.807, 2.05) is 0 Å². The smallest absolute Gasteiger partial charge is 0.423 e. The van der Waals surface area contributed by atoms with Crippen LogP contribution in [0, 0.1) is 0 Å². The number of alkyl halides is 6. The van der Waals surface area contributed by atoms with Crippen molar-refractivity contribution >= 4 is 12.6 Å². The monoisotopic (exact) mass is 351 g/mol. The van der Waals surface area contributed by atoms with Gasteiger partial charge in [-0.2, -0.15) is 13.2 Å². The van der Waals surface area contributed by atoms with Crippen LogP contribution in [-0.2, 0) is 6.18 Å². The molecule has 0 amide bonds. The van der Waals surface area contributed by atoms with Crippen molar-refractivity contribution in [2.45, 2.75) is 12.5 Å². The van der Waals surface area contributed by atoms with Crippen molar-refractivity contribution < 1.29 is 41.1 Å². The van der Waals surface area contributed by atoms with E-state index in [1.54, 1.807) is 0 Å². The van der Waals surface area contributed by atoms with E-state index in [4.69, 9.17) is 10.0 Å². The third-order valence-corrected chi connectivity index (χ3v) is 2.90. The predicted molar refractivity (Wildman–Crippen MR) is 71.2 cm³/mol. The number of hydrogen-bond acceptors (Lipinski definition) is 4. The van der Waals surface area contributed by atoms with Crippen LogP contribution in [0.15, 0.2) is 36.5 Å². The molecule has 0 saturated carbocycles. The molecule has 0 bridgehead atoms. The van der Waals surface area contributed by atoms with Crippen molar-refractivity contribution in [3.8, 4) is 17.0 Å². The molecule has 0 spiro atoms. The molecule has 1 aromatic carbocycles. The maximum atomic E-state index is 12.8. The molecule has 0 atom stereocenters. The van der Waals surface area contributed by atoms with Crippen molar-refractivity contribution in [2.24, 2.45) is 0 Å². The summed E-state index contributed by atoms with van der Waals surface area (Å²) in [6.45, 7) is 0. The van der Waals surface area contributed by atoms with Crippen LogP contribution in [0.2, 0.25) is 0 Å². The quantitative estimate of drug-likeness (QED) is 0.658. The Morgan fingerprint density at radius 2 is 1.54 bits per heavy atom. The van der Waals surface area contributed by atoms with Crippen LogP contribution >= 0.6 is 0 Å². The molecule has 0 saturated heterocycles. The summed E-state index contributed by atoms with van der Waals surface area (Å²) in [4.78, 5) is 3.56. The second kappa shape index (κ2) is 6.32. The summed E-state index contributed by atoms with van der Waals surface area (Å²) in [6, 6.07) is 5.00. The highest BCUT2D eigenvalue weighted by Gasteiger charge is 2.37. The number of halogens is 6. The van der Waals surface area contributed by atoms with Gasteiger partial charge < -0.3 is 14.8 Å². The zero-order valence-electron chi connectivity index (χ0n) is 11.6. The highest BCUT2D eigenvalue weighted by atomic mass is 19.4. The molecule has 0 unspecified atom stereocenters. The van der Waals surface area contributed by atoms with Gasteiger partial charge in [0.25, 0.3) is 0 Å². The zero-order chi connectivity index (χ0) is 18.1. The van der Waals surface area contributed by atoms with Gasteiger partial charge in [-0.3, -0.25) is 4.98 Å². The normalized spacial score (nSPS) is 12.2. The first-order valence-corrected chi connectivity index (χ1v) is 6.27. The Kier molecular flexibility index (Phi) is 4.76. The lowest BCUT2D eigenvalue weighted by Gasteiger charge is -2.13. The first kappa shape index (κ1) is 18.1. The molecule has 4 nitrogen and oxygen atoms in total. The Morgan fingerprint density at radius 1 is 0.958 bits per heavy atom. The molecule has 1 heterocycles. The summed E-state index contributed by atoms with van der Waals surface area (Å²) < 4.78 is 78.2. The maximum Gasteiger partial charge on any atom is 0.573 e. The van der Waals surface area contributed by atoms with E-state index in [1.165, 1.54) is 0 Å². The van der Waals surface area contributed by atoms with E-state index >= 15 is 0 Å². The van der Waals surface area contributed by atoms with Gasteiger partial charge >= 0.3 is 19.7 Å². The largest absolute Gasteiger partial charge is 0.573 e. The van der Waals surface area contributed by atoms with Crippen LogP contribution in [0.3, 0.4) is 0 Å². The Morgan fingerprint density at radius 3 is 2.00 bits per heavy atom. The van der Waals surface area contributed by atoms with E-state index in [9.17, 15) is 26.3 Å². The Bertz CT molecular complexity index is 715. The fraction of sp³-hybridized carbons (Fsp3) is 0.154. The minimum Gasteiger partial charge on any atom is -0.423 e. The Balaban J connectivity index is 2.37. The van der Waals surface area contributed by atoms with Crippen molar-refractivity contribution in [1.29, 1.82) is 0 Å². The molecule has 0 fully saturated rings. The third-order valence-electron chi connectivity index (χ3n) is 2.90. The standard InChI is InChI=1S/C13H8BF6NO3/c15-12(16,17)9-6-21-11(5-10(9)14(22)23)7-1-3-8(4-2-7)24-13(18,19)20/h1-6,22-23H. The topological polar surface area (TPSA) is 62.6 Å². The Labute approximate surface area is 131 Å². The Hall–Kier alpha value is -2.27. The van der Waals surface area contributed by atoms with Gasteiger partial charge in [-0.05, 0) is 35.8 Å². The SMILES string of the molecule is OB(O)c1cc(-c2ccc(OC(F)(F)F)cc2)ncc1C(F)(F)F. The van der Waals surface area contributed by atoms with Crippen molar-refractivity contribution in [3.05, 3.63) is 42.1 Å². The van der Waals surface area contributed by atoms with E-state index in [0.29, 0.717) is 6.20 Å². The van der Waals surface area contributed by atoms with Crippen LogP contribution in [-0.4, -0.2) is 28.5 Å². The third kappa shape index (κ3) is 4.39. The minimum absolute atomic E-state index is 0.0790. The lowest BCUT2D eigenvalue weighted by atomic mass is 9.77.